The predicted molar refractivity (Wildman–Crippen MR) is 49.6 cm³/mol. The molecule has 0 N–H and O–H groups in total. The van der Waals surface area contributed by atoms with Crippen LogP contribution < -0.4 is 21.2 Å². The summed E-state index contributed by atoms with van der Waals surface area (Å²) in [5, 5.41) is 0. The van der Waals surface area contributed by atoms with Crippen molar-refractivity contribution >= 4 is 0 Å². The molecule has 0 aliphatic heterocycles. The number of benzene rings is 1. The first kappa shape index (κ1) is 10.0. The van der Waals surface area contributed by atoms with Crippen LogP contribution in [-0.2, 0) is 6.42 Å². The molecule has 0 spiro atoms. The van der Waals surface area contributed by atoms with Gasteiger partial charge in [-0.3, -0.25) is 0 Å². The zero-order valence-electron chi connectivity index (χ0n) is 7.97. The van der Waals surface area contributed by atoms with E-state index < -0.39 is 0 Å². The number of rotatable bonds is 3. The van der Waals surface area contributed by atoms with Crippen LogP contribution in [0.25, 0.3) is 0 Å². The number of hydrogen-bond acceptors (Lipinski definition) is 0. The molecule has 0 atom stereocenters. The van der Waals surface area contributed by atoms with Crippen molar-refractivity contribution in [3.05, 3.63) is 33.4 Å². The van der Waals surface area contributed by atoms with Gasteiger partial charge in [0.25, 0.3) is 0 Å². The summed E-state index contributed by atoms with van der Waals surface area (Å²) in [7, 11) is 0. The van der Waals surface area contributed by atoms with E-state index in [1.54, 1.807) is 3.57 Å². The summed E-state index contributed by atoms with van der Waals surface area (Å²) in [5.41, 5.74) is 1.48. The maximum atomic E-state index is 2.30. The van der Waals surface area contributed by atoms with E-state index in [-0.39, 0.29) is 21.2 Å². The Morgan fingerprint density at radius 1 is 1.17 bits per heavy atom. The molecule has 0 nitrogen and oxygen atoms in total. The Kier molecular flexibility index (Phi) is 4.06. The van der Waals surface area contributed by atoms with Crippen molar-refractivity contribution in [2.45, 2.75) is 20.3 Å². The van der Waals surface area contributed by atoms with Crippen LogP contribution in [0.5, 0.6) is 0 Å². The van der Waals surface area contributed by atoms with Crippen LogP contribution in [-0.4, -0.2) is 4.93 Å². The van der Waals surface area contributed by atoms with Gasteiger partial charge < -0.3 is 0 Å². The first-order valence-electron chi connectivity index (χ1n) is 4.30. The molecule has 1 aromatic carbocycles. The molecule has 0 bridgehead atoms. The Balaban J connectivity index is 2.65. The first-order chi connectivity index (χ1) is 5.72. The number of halogens is 1. The zero-order valence-corrected chi connectivity index (χ0v) is 10.1. The van der Waals surface area contributed by atoms with Gasteiger partial charge >= 0.3 is 85.7 Å². The van der Waals surface area contributed by atoms with E-state index in [1.807, 2.05) is 0 Å². The second-order valence-electron chi connectivity index (χ2n) is 3.41. The minimum atomic E-state index is 0.276. The Bertz CT molecular complexity index is 223. The third-order valence-corrected chi connectivity index (χ3v) is 3.74. The van der Waals surface area contributed by atoms with Crippen LogP contribution in [0.15, 0.2) is 24.3 Å². The summed E-state index contributed by atoms with van der Waals surface area (Å²) in [6.45, 7) is 4.53. The fraction of sp³-hybridized carbons (Fsp3) is 0.455. The maximum absolute atomic E-state index is 2.30. The molecule has 1 aromatic rings. The molecule has 0 fully saturated rings. The summed E-state index contributed by atoms with van der Waals surface area (Å²) in [4.78, 5) is 2.30. The van der Waals surface area contributed by atoms with Gasteiger partial charge in [0, 0.05) is 0 Å². The molecule has 68 valence electrons. The van der Waals surface area contributed by atoms with Crippen LogP contribution in [0.1, 0.15) is 19.4 Å². The molecule has 1 heteroatoms. The Morgan fingerprint density at radius 2 is 1.75 bits per heavy atom. The molecule has 0 aromatic heterocycles. The summed E-state index contributed by atoms with van der Waals surface area (Å²) in [6.07, 6.45) is 1.21. The van der Waals surface area contributed by atoms with Gasteiger partial charge in [-0.25, -0.2) is 0 Å². The Morgan fingerprint density at radius 3 is 2.17 bits per heavy atom. The molecule has 0 saturated carbocycles. The number of hydrogen-bond donors (Lipinski definition) is 0. The number of alkyl halides is 1. The molecule has 0 unspecified atom stereocenters. The summed E-state index contributed by atoms with van der Waals surface area (Å²) < 4.78 is 1.54. The zero-order chi connectivity index (χ0) is 8.97. The summed E-state index contributed by atoms with van der Waals surface area (Å²) >= 11 is 0.276. The molecule has 0 amide bonds. The van der Waals surface area contributed by atoms with Crippen molar-refractivity contribution in [3.63, 3.8) is 0 Å². The molecule has 0 saturated heterocycles. The third kappa shape index (κ3) is 3.13. The van der Waals surface area contributed by atoms with E-state index in [2.05, 4.69) is 43.0 Å². The molecule has 12 heavy (non-hydrogen) atoms. The molecular formula is C11H16I-. The average Bonchev–Trinajstić information content (AvgIpc) is 2.05. The van der Waals surface area contributed by atoms with Gasteiger partial charge in [0.15, 0.2) is 0 Å². The van der Waals surface area contributed by atoms with E-state index in [1.165, 1.54) is 12.0 Å². The van der Waals surface area contributed by atoms with Gasteiger partial charge in [-0.1, -0.05) is 0 Å². The third-order valence-electron chi connectivity index (χ3n) is 1.78. The standard InChI is InChI=1S/C11H16I/c1-9(2)8-10-4-6-11(12-3)7-5-10/h4-7,9H,8H2,1-3H3/q-1. The molecule has 0 aliphatic carbocycles. The van der Waals surface area contributed by atoms with Crippen molar-refractivity contribution in [1.82, 2.24) is 0 Å². The molecule has 1 rings (SSSR count). The van der Waals surface area contributed by atoms with E-state index in [0.29, 0.717) is 0 Å². The van der Waals surface area contributed by atoms with Crippen LogP contribution in [0, 0.1) is 9.49 Å². The first-order valence-corrected chi connectivity index (χ1v) is 7.54. The van der Waals surface area contributed by atoms with Gasteiger partial charge in [-0.2, -0.15) is 0 Å². The molecular weight excluding hydrogens is 259 g/mol. The fourth-order valence-electron chi connectivity index (χ4n) is 1.22. The topological polar surface area (TPSA) is 0 Å². The van der Waals surface area contributed by atoms with Gasteiger partial charge in [0.2, 0.25) is 0 Å². The van der Waals surface area contributed by atoms with Crippen LogP contribution in [0.2, 0.25) is 0 Å². The second-order valence-corrected chi connectivity index (χ2v) is 5.74. The summed E-state index contributed by atoms with van der Waals surface area (Å²) in [6, 6.07) is 9.12. The average molecular weight is 275 g/mol. The quantitative estimate of drug-likeness (QED) is 0.528. The van der Waals surface area contributed by atoms with Crippen molar-refractivity contribution in [2.24, 2.45) is 5.92 Å². The Labute approximate surface area is 85.6 Å². The summed E-state index contributed by atoms with van der Waals surface area (Å²) in [5.74, 6) is 0.771. The monoisotopic (exact) mass is 275 g/mol. The van der Waals surface area contributed by atoms with Crippen LogP contribution in [0.4, 0.5) is 0 Å². The van der Waals surface area contributed by atoms with Crippen molar-refractivity contribution < 1.29 is 21.2 Å². The predicted octanol–water partition coefficient (Wildman–Crippen LogP) is -0.226. The van der Waals surface area contributed by atoms with Crippen molar-refractivity contribution in [2.75, 3.05) is 4.93 Å². The van der Waals surface area contributed by atoms with Crippen molar-refractivity contribution in [3.8, 4) is 0 Å². The SMILES string of the molecule is C[I-]c1ccc(CC(C)C)cc1. The molecule has 0 heterocycles. The molecule has 0 aliphatic rings. The second kappa shape index (κ2) is 4.85. The minimum absolute atomic E-state index is 0.276. The fourth-order valence-corrected chi connectivity index (χ4v) is 2.30. The van der Waals surface area contributed by atoms with E-state index in [9.17, 15) is 0 Å². The van der Waals surface area contributed by atoms with E-state index in [4.69, 9.17) is 0 Å². The van der Waals surface area contributed by atoms with Crippen LogP contribution in [0.3, 0.4) is 0 Å². The molecule has 0 radical (unpaired) electrons. The van der Waals surface area contributed by atoms with E-state index >= 15 is 0 Å². The van der Waals surface area contributed by atoms with Gasteiger partial charge in [0.1, 0.15) is 0 Å². The Hall–Kier alpha value is -0.0500. The van der Waals surface area contributed by atoms with Gasteiger partial charge in [0.05, 0.1) is 0 Å². The van der Waals surface area contributed by atoms with E-state index in [0.717, 1.165) is 5.92 Å². The normalized spacial score (nSPS) is 11.0. The van der Waals surface area contributed by atoms with Crippen molar-refractivity contribution in [1.29, 1.82) is 0 Å². The van der Waals surface area contributed by atoms with Gasteiger partial charge in [-0.05, 0) is 0 Å². The van der Waals surface area contributed by atoms with Crippen LogP contribution >= 0.6 is 0 Å². The van der Waals surface area contributed by atoms with Gasteiger partial charge in [-0.15, -0.1) is 0 Å².